The highest BCUT2D eigenvalue weighted by Crippen LogP contribution is 2.28. The standard InChI is InChI=1S/C16H26N2O3/c1-12(2)17-11-13-6-7-14(15(10-13)20-5)21-9-8-16(19)18(3)4/h6-7,10,12,17H,8-9,11H2,1-5H3. The van der Waals surface area contributed by atoms with Crippen LogP contribution in [0.2, 0.25) is 0 Å². The third-order valence-corrected chi connectivity index (χ3v) is 3.01. The fraction of sp³-hybridized carbons (Fsp3) is 0.562. The van der Waals surface area contributed by atoms with Crippen LogP contribution < -0.4 is 14.8 Å². The molecule has 1 amide bonds. The van der Waals surface area contributed by atoms with Gasteiger partial charge >= 0.3 is 0 Å². The number of ether oxygens (including phenoxy) is 2. The average molecular weight is 294 g/mol. The highest BCUT2D eigenvalue weighted by molar-refractivity contribution is 5.75. The Kier molecular flexibility index (Phi) is 7.02. The Balaban J connectivity index is 2.60. The molecule has 0 saturated heterocycles. The second kappa shape index (κ2) is 8.52. The second-order valence-electron chi connectivity index (χ2n) is 5.41. The Hall–Kier alpha value is -1.75. The van der Waals surface area contributed by atoms with Crippen molar-refractivity contribution in [3.8, 4) is 11.5 Å². The first-order chi connectivity index (χ1) is 9.93. The molecule has 0 bridgehead atoms. The molecule has 0 radical (unpaired) electrons. The molecule has 0 fully saturated rings. The minimum atomic E-state index is 0.0479. The molecule has 5 nitrogen and oxygen atoms in total. The van der Waals surface area contributed by atoms with Crippen LogP contribution in [0, 0.1) is 0 Å². The first-order valence-electron chi connectivity index (χ1n) is 7.17. The van der Waals surface area contributed by atoms with E-state index in [1.165, 1.54) is 0 Å². The monoisotopic (exact) mass is 294 g/mol. The molecule has 0 atom stereocenters. The van der Waals surface area contributed by atoms with E-state index in [9.17, 15) is 4.79 Å². The summed E-state index contributed by atoms with van der Waals surface area (Å²) < 4.78 is 11.0. The summed E-state index contributed by atoms with van der Waals surface area (Å²) in [5, 5.41) is 3.36. The SMILES string of the molecule is COc1cc(CNC(C)C)ccc1OCCC(=O)N(C)C. The van der Waals surface area contributed by atoms with Gasteiger partial charge in [-0.05, 0) is 17.7 Å². The molecule has 0 aliphatic rings. The number of methoxy groups -OCH3 is 1. The zero-order valence-electron chi connectivity index (χ0n) is 13.6. The molecule has 5 heteroatoms. The van der Waals surface area contributed by atoms with Crippen molar-refractivity contribution in [2.24, 2.45) is 0 Å². The van der Waals surface area contributed by atoms with Crippen molar-refractivity contribution in [3.05, 3.63) is 23.8 Å². The van der Waals surface area contributed by atoms with Crippen LogP contribution in [-0.2, 0) is 11.3 Å². The van der Waals surface area contributed by atoms with E-state index in [-0.39, 0.29) is 5.91 Å². The lowest BCUT2D eigenvalue weighted by Gasteiger charge is -2.14. The number of hydrogen-bond donors (Lipinski definition) is 1. The topological polar surface area (TPSA) is 50.8 Å². The van der Waals surface area contributed by atoms with Crippen LogP contribution in [0.4, 0.5) is 0 Å². The van der Waals surface area contributed by atoms with Crippen LogP contribution in [0.15, 0.2) is 18.2 Å². The van der Waals surface area contributed by atoms with Crippen molar-refractivity contribution in [2.75, 3.05) is 27.8 Å². The summed E-state index contributed by atoms with van der Waals surface area (Å²) in [6.45, 7) is 5.34. The molecule has 1 rings (SSSR count). The summed E-state index contributed by atoms with van der Waals surface area (Å²) in [5.41, 5.74) is 1.14. The Morgan fingerprint density at radius 3 is 2.57 bits per heavy atom. The molecule has 0 aliphatic carbocycles. The first kappa shape index (κ1) is 17.3. The lowest BCUT2D eigenvalue weighted by atomic mass is 10.2. The summed E-state index contributed by atoms with van der Waals surface area (Å²) in [4.78, 5) is 13.1. The van der Waals surface area contributed by atoms with Gasteiger partial charge in [-0.15, -0.1) is 0 Å². The van der Waals surface area contributed by atoms with E-state index in [1.807, 2.05) is 18.2 Å². The molecule has 1 N–H and O–H groups in total. The van der Waals surface area contributed by atoms with Crippen LogP contribution in [-0.4, -0.2) is 44.7 Å². The van der Waals surface area contributed by atoms with Gasteiger partial charge in [-0.1, -0.05) is 19.9 Å². The molecule has 0 aromatic heterocycles. The van der Waals surface area contributed by atoms with Crippen LogP contribution in [0.1, 0.15) is 25.8 Å². The third kappa shape index (κ3) is 6.04. The highest BCUT2D eigenvalue weighted by atomic mass is 16.5. The number of nitrogens with one attached hydrogen (secondary N) is 1. The average Bonchev–Trinajstić information content (AvgIpc) is 2.45. The van der Waals surface area contributed by atoms with Crippen LogP contribution in [0.25, 0.3) is 0 Å². The Bertz CT molecular complexity index is 459. The lowest BCUT2D eigenvalue weighted by molar-refractivity contribution is -0.129. The molecule has 118 valence electrons. The molecular formula is C16H26N2O3. The molecule has 1 aromatic rings. The first-order valence-corrected chi connectivity index (χ1v) is 7.17. The maximum Gasteiger partial charge on any atom is 0.225 e. The van der Waals surface area contributed by atoms with E-state index in [0.29, 0.717) is 30.6 Å². The molecule has 0 aliphatic heterocycles. The van der Waals surface area contributed by atoms with Gasteiger partial charge in [0.2, 0.25) is 5.91 Å². The maximum absolute atomic E-state index is 11.5. The maximum atomic E-state index is 11.5. The molecule has 0 saturated carbocycles. The minimum absolute atomic E-state index is 0.0479. The summed E-state index contributed by atoms with van der Waals surface area (Å²) in [7, 11) is 5.09. The molecule has 21 heavy (non-hydrogen) atoms. The van der Waals surface area contributed by atoms with Gasteiger partial charge in [-0.3, -0.25) is 4.79 Å². The van der Waals surface area contributed by atoms with Gasteiger partial charge in [0.05, 0.1) is 20.1 Å². The van der Waals surface area contributed by atoms with E-state index in [2.05, 4.69) is 19.2 Å². The number of benzene rings is 1. The summed E-state index contributed by atoms with van der Waals surface area (Å²) in [6, 6.07) is 6.28. The van der Waals surface area contributed by atoms with Gasteiger partial charge in [-0.25, -0.2) is 0 Å². The van der Waals surface area contributed by atoms with Crippen molar-refractivity contribution in [2.45, 2.75) is 32.9 Å². The van der Waals surface area contributed by atoms with E-state index < -0.39 is 0 Å². The largest absolute Gasteiger partial charge is 0.493 e. The Morgan fingerprint density at radius 2 is 2.00 bits per heavy atom. The molecule has 1 aromatic carbocycles. The Morgan fingerprint density at radius 1 is 1.29 bits per heavy atom. The van der Waals surface area contributed by atoms with Crippen molar-refractivity contribution >= 4 is 5.91 Å². The smallest absolute Gasteiger partial charge is 0.225 e. The van der Waals surface area contributed by atoms with Crippen molar-refractivity contribution in [3.63, 3.8) is 0 Å². The molecule has 0 spiro atoms. The van der Waals surface area contributed by atoms with Crippen LogP contribution in [0.5, 0.6) is 11.5 Å². The van der Waals surface area contributed by atoms with Gasteiger partial charge in [0, 0.05) is 26.7 Å². The molecule has 0 heterocycles. The summed E-state index contributed by atoms with van der Waals surface area (Å²) >= 11 is 0. The molecular weight excluding hydrogens is 268 g/mol. The van der Waals surface area contributed by atoms with Gasteiger partial charge in [-0.2, -0.15) is 0 Å². The minimum Gasteiger partial charge on any atom is -0.493 e. The van der Waals surface area contributed by atoms with Gasteiger partial charge in [0.25, 0.3) is 0 Å². The van der Waals surface area contributed by atoms with Gasteiger partial charge in [0.1, 0.15) is 0 Å². The summed E-state index contributed by atoms with van der Waals surface area (Å²) in [6.07, 6.45) is 0.354. The Labute approximate surface area is 127 Å². The predicted octanol–water partition coefficient (Wildman–Crippen LogP) is 2.05. The number of hydrogen-bond acceptors (Lipinski definition) is 4. The number of carbonyl (C=O) groups is 1. The van der Waals surface area contributed by atoms with E-state index >= 15 is 0 Å². The third-order valence-electron chi connectivity index (χ3n) is 3.01. The highest BCUT2D eigenvalue weighted by Gasteiger charge is 2.08. The van der Waals surface area contributed by atoms with E-state index in [0.717, 1.165) is 12.1 Å². The zero-order chi connectivity index (χ0) is 15.8. The van der Waals surface area contributed by atoms with Crippen LogP contribution >= 0.6 is 0 Å². The molecule has 0 unspecified atom stereocenters. The second-order valence-corrected chi connectivity index (χ2v) is 5.41. The van der Waals surface area contributed by atoms with Crippen molar-refractivity contribution in [1.29, 1.82) is 0 Å². The normalized spacial score (nSPS) is 10.6. The van der Waals surface area contributed by atoms with Crippen molar-refractivity contribution in [1.82, 2.24) is 10.2 Å². The van der Waals surface area contributed by atoms with E-state index in [4.69, 9.17) is 9.47 Å². The van der Waals surface area contributed by atoms with Crippen molar-refractivity contribution < 1.29 is 14.3 Å². The number of rotatable bonds is 8. The van der Waals surface area contributed by atoms with Gasteiger partial charge in [0.15, 0.2) is 11.5 Å². The fourth-order valence-electron chi connectivity index (χ4n) is 1.74. The van der Waals surface area contributed by atoms with E-state index in [1.54, 1.807) is 26.1 Å². The van der Waals surface area contributed by atoms with Gasteiger partial charge < -0.3 is 19.7 Å². The number of nitrogens with zero attached hydrogens (tertiary/aromatic N) is 1. The fourth-order valence-corrected chi connectivity index (χ4v) is 1.74. The lowest BCUT2D eigenvalue weighted by Crippen LogP contribution is -2.23. The number of amides is 1. The summed E-state index contributed by atoms with van der Waals surface area (Å²) in [5.74, 6) is 1.40. The number of carbonyl (C=O) groups excluding carboxylic acids is 1. The quantitative estimate of drug-likeness (QED) is 0.797. The zero-order valence-corrected chi connectivity index (χ0v) is 13.6. The van der Waals surface area contributed by atoms with Crippen LogP contribution in [0.3, 0.4) is 0 Å². The predicted molar refractivity (Wildman–Crippen MR) is 83.8 cm³/mol.